The molecule has 1 aliphatic rings. The van der Waals surface area contributed by atoms with E-state index < -0.39 is 5.97 Å². The topological polar surface area (TPSA) is 37.3 Å². The van der Waals surface area contributed by atoms with Crippen molar-refractivity contribution in [3.63, 3.8) is 0 Å². The van der Waals surface area contributed by atoms with Crippen molar-refractivity contribution in [1.82, 2.24) is 0 Å². The van der Waals surface area contributed by atoms with E-state index in [1.54, 1.807) is 0 Å². The van der Waals surface area contributed by atoms with Gasteiger partial charge in [0.1, 0.15) is 0 Å². The minimum Gasteiger partial charge on any atom is -0.481 e. The fourth-order valence-electron chi connectivity index (χ4n) is 2.12. The first kappa shape index (κ1) is 11.5. The molecule has 14 heavy (non-hydrogen) atoms. The fraction of sp³-hybridized carbons (Fsp3) is 0.917. The summed E-state index contributed by atoms with van der Waals surface area (Å²) in [5, 5.41) is 8.77. The van der Waals surface area contributed by atoms with E-state index >= 15 is 0 Å². The number of carbonyl (C=O) groups is 1. The summed E-state index contributed by atoms with van der Waals surface area (Å²) >= 11 is 0. The van der Waals surface area contributed by atoms with Gasteiger partial charge in [0, 0.05) is 0 Å². The Bertz CT molecular complexity index is 185. The maximum Gasteiger partial charge on any atom is 0.306 e. The number of carboxylic acids is 1. The third-order valence-corrected chi connectivity index (χ3v) is 3.47. The summed E-state index contributed by atoms with van der Waals surface area (Å²) < 4.78 is 0. The number of hydrogen-bond acceptors (Lipinski definition) is 1. The highest BCUT2D eigenvalue weighted by molar-refractivity contribution is 5.69. The maximum absolute atomic E-state index is 10.6. The van der Waals surface area contributed by atoms with Gasteiger partial charge in [-0.25, -0.2) is 0 Å². The molecule has 0 spiro atoms. The van der Waals surface area contributed by atoms with Gasteiger partial charge in [0.25, 0.3) is 0 Å². The molecule has 0 aromatic rings. The Labute approximate surface area is 86.7 Å². The van der Waals surface area contributed by atoms with Gasteiger partial charge < -0.3 is 5.11 Å². The van der Waals surface area contributed by atoms with Crippen LogP contribution < -0.4 is 0 Å². The zero-order valence-corrected chi connectivity index (χ0v) is 9.33. The summed E-state index contributed by atoms with van der Waals surface area (Å²) in [7, 11) is 0. The van der Waals surface area contributed by atoms with Crippen LogP contribution in [-0.4, -0.2) is 11.1 Å². The smallest absolute Gasteiger partial charge is 0.306 e. The summed E-state index contributed by atoms with van der Waals surface area (Å²) in [5.74, 6) is 0.700. The second-order valence-electron chi connectivity index (χ2n) is 4.95. The quantitative estimate of drug-likeness (QED) is 0.711. The van der Waals surface area contributed by atoms with E-state index in [-0.39, 0.29) is 5.92 Å². The van der Waals surface area contributed by atoms with E-state index in [1.807, 2.05) is 6.92 Å². The zero-order valence-electron chi connectivity index (χ0n) is 9.33. The standard InChI is InChI=1S/C12H22O2/c1-9(8-10(2)12(13)14)6-7-11-4-3-5-11/h9-11H,3-8H2,1-2H3,(H,13,14). The van der Waals surface area contributed by atoms with Crippen molar-refractivity contribution in [3.8, 4) is 0 Å². The largest absolute Gasteiger partial charge is 0.481 e. The van der Waals surface area contributed by atoms with Crippen LogP contribution in [0.2, 0.25) is 0 Å². The Morgan fingerprint density at radius 2 is 2.07 bits per heavy atom. The molecule has 2 unspecified atom stereocenters. The maximum atomic E-state index is 10.6. The number of hydrogen-bond donors (Lipinski definition) is 1. The number of aliphatic carboxylic acids is 1. The van der Waals surface area contributed by atoms with Crippen LogP contribution in [0.3, 0.4) is 0 Å². The molecule has 2 nitrogen and oxygen atoms in total. The lowest BCUT2D eigenvalue weighted by atomic mass is 9.79. The second-order valence-corrected chi connectivity index (χ2v) is 4.95. The molecule has 2 atom stereocenters. The van der Waals surface area contributed by atoms with Crippen molar-refractivity contribution in [2.75, 3.05) is 0 Å². The van der Waals surface area contributed by atoms with Crippen LogP contribution in [0.1, 0.15) is 52.4 Å². The van der Waals surface area contributed by atoms with Gasteiger partial charge in [0.15, 0.2) is 0 Å². The molecule has 2 heteroatoms. The van der Waals surface area contributed by atoms with Crippen LogP contribution in [0, 0.1) is 17.8 Å². The molecule has 0 aromatic heterocycles. The number of carboxylic acid groups (broad SMARTS) is 1. The first-order chi connectivity index (χ1) is 6.59. The average molecular weight is 198 g/mol. The third-order valence-electron chi connectivity index (χ3n) is 3.47. The summed E-state index contributed by atoms with van der Waals surface area (Å²) in [5.41, 5.74) is 0. The van der Waals surface area contributed by atoms with Crippen LogP contribution in [-0.2, 0) is 4.79 Å². The average Bonchev–Trinajstić information content (AvgIpc) is 2.00. The van der Waals surface area contributed by atoms with Gasteiger partial charge in [-0.1, -0.05) is 46.0 Å². The molecular weight excluding hydrogens is 176 g/mol. The molecule has 1 aliphatic carbocycles. The van der Waals surface area contributed by atoms with Crippen LogP contribution in [0.5, 0.6) is 0 Å². The van der Waals surface area contributed by atoms with Gasteiger partial charge in [-0.05, 0) is 18.3 Å². The zero-order chi connectivity index (χ0) is 10.6. The van der Waals surface area contributed by atoms with Crippen molar-refractivity contribution < 1.29 is 9.90 Å². The van der Waals surface area contributed by atoms with Gasteiger partial charge in [0.05, 0.1) is 5.92 Å². The highest BCUT2D eigenvalue weighted by Gasteiger charge is 2.20. The van der Waals surface area contributed by atoms with E-state index in [4.69, 9.17) is 5.11 Å². The Morgan fingerprint density at radius 1 is 1.43 bits per heavy atom. The van der Waals surface area contributed by atoms with Gasteiger partial charge >= 0.3 is 5.97 Å². The Balaban J connectivity index is 2.08. The summed E-state index contributed by atoms with van der Waals surface area (Å²) in [6.07, 6.45) is 7.57. The van der Waals surface area contributed by atoms with E-state index in [1.165, 1.54) is 32.1 Å². The molecule has 0 radical (unpaired) electrons. The minimum atomic E-state index is -0.652. The van der Waals surface area contributed by atoms with Crippen molar-refractivity contribution in [2.24, 2.45) is 17.8 Å². The van der Waals surface area contributed by atoms with Gasteiger partial charge in [-0.15, -0.1) is 0 Å². The molecule has 0 aliphatic heterocycles. The minimum absolute atomic E-state index is 0.175. The third kappa shape index (κ3) is 3.69. The van der Waals surface area contributed by atoms with Crippen molar-refractivity contribution in [1.29, 1.82) is 0 Å². The Morgan fingerprint density at radius 3 is 2.50 bits per heavy atom. The molecule has 0 aromatic carbocycles. The van der Waals surface area contributed by atoms with Gasteiger partial charge in [-0.3, -0.25) is 4.79 Å². The fourth-order valence-corrected chi connectivity index (χ4v) is 2.12. The van der Waals surface area contributed by atoms with E-state index in [9.17, 15) is 4.79 Å². The molecule has 0 heterocycles. The van der Waals surface area contributed by atoms with Crippen molar-refractivity contribution in [2.45, 2.75) is 52.4 Å². The van der Waals surface area contributed by atoms with Crippen LogP contribution in [0.25, 0.3) is 0 Å². The Hall–Kier alpha value is -0.530. The van der Waals surface area contributed by atoms with E-state index in [0.29, 0.717) is 5.92 Å². The van der Waals surface area contributed by atoms with Crippen LogP contribution in [0.15, 0.2) is 0 Å². The molecule has 1 N–H and O–H groups in total. The first-order valence-electron chi connectivity index (χ1n) is 5.82. The summed E-state index contributed by atoms with van der Waals surface area (Å²) in [4.78, 5) is 10.6. The lowest BCUT2D eigenvalue weighted by Gasteiger charge is -2.26. The predicted octanol–water partition coefficient (Wildman–Crippen LogP) is 3.31. The highest BCUT2D eigenvalue weighted by Crippen LogP contribution is 2.32. The van der Waals surface area contributed by atoms with Crippen LogP contribution >= 0.6 is 0 Å². The molecule has 0 bridgehead atoms. The molecule has 82 valence electrons. The van der Waals surface area contributed by atoms with Gasteiger partial charge in [0.2, 0.25) is 0 Å². The second kappa shape index (κ2) is 5.38. The summed E-state index contributed by atoms with van der Waals surface area (Å²) in [6.45, 7) is 3.99. The normalized spacial score (nSPS) is 21.3. The lowest BCUT2D eigenvalue weighted by Crippen LogP contribution is -2.16. The SMILES string of the molecule is CC(CCC1CCC1)CC(C)C(=O)O. The molecule has 1 saturated carbocycles. The molecule has 1 fully saturated rings. The molecular formula is C12H22O2. The summed E-state index contributed by atoms with van der Waals surface area (Å²) in [6, 6.07) is 0. The Kier molecular flexibility index (Phi) is 4.43. The molecule has 0 amide bonds. The van der Waals surface area contributed by atoms with E-state index in [0.717, 1.165) is 12.3 Å². The highest BCUT2D eigenvalue weighted by atomic mass is 16.4. The van der Waals surface area contributed by atoms with Crippen molar-refractivity contribution >= 4 is 5.97 Å². The monoisotopic (exact) mass is 198 g/mol. The van der Waals surface area contributed by atoms with Gasteiger partial charge in [-0.2, -0.15) is 0 Å². The predicted molar refractivity (Wildman–Crippen MR) is 57.2 cm³/mol. The van der Waals surface area contributed by atoms with Crippen LogP contribution in [0.4, 0.5) is 0 Å². The van der Waals surface area contributed by atoms with Crippen molar-refractivity contribution in [3.05, 3.63) is 0 Å². The lowest BCUT2D eigenvalue weighted by molar-refractivity contribution is -0.141. The molecule has 0 saturated heterocycles. The molecule has 1 rings (SSSR count). The number of rotatable bonds is 6. The first-order valence-corrected chi connectivity index (χ1v) is 5.82. The van der Waals surface area contributed by atoms with E-state index in [2.05, 4.69) is 6.92 Å².